The monoisotopic (exact) mass is 250 g/mol. The maximum atomic E-state index is 5.66. The second-order valence-corrected chi connectivity index (χ2v) is 4.88. The molecule has 3 aromatic rings. The lowest BCUT2D eigenvalue weighted by Crippen LogP contribution is -2.07. The maximum Gasteiger partial charge on any atom is 0.137 e. The van der Waals surface area contributed by atoms with Crippen molar-refractivity contribution >= 4 is 11.0 Å². The summed E-state index contributed by atoms with van der Waals surface area (Å²) in [6.45, 7) is 0.837. The van der Waals surface area contributed by atoms with E-state index in [2.05, 4.69) is 34.2 Å². The van der Waals surface area contributed by atoms with Crippen LogP contribution in [0.15, 0.2) is 42.7 Å². The molecule has 0 spiro atoms. The van der Waals surface area contributed by atoms with Crippen LogP contribution in [-0.2, 0) is 6.42 Å². The summed E-state index contributed by atoms with van der Waals surface area (Å²) < 4.78 is 5.66. The number of hydrogen-bond acceptors (Lipinski definition) is 2. The van der Waals surface area contributed by atoms with Crippen molar-refractivity contribution in [1.29, 1.82) is 0 Å². The first-order chi connectivity index (χ1) is 9.42. The molecule has 0 unspecified atom stereocenters. The summed E-state index contributed by atoms with van der Waals surface area (Å²) in [5, 5.41) is 1.17. The van der Waals surface area contributed by atoms with Crippen LogP contribution in [-0.4, -0.2) is 16.6 Å². The minimum absolute atomic E-state index is 0.837. The molecule has 2 aromatic heterocycles. The first kappa shape index (κ1) is 10.6. The van der Waals surface area contributed by atoms with Gasteiger partial charge in [-0.05, 0) is 48.2 Å². The Bertz CT molecular complexity index is 745. The van der Waals surface area contributed by atoms with Crippen LogP contribution in [0.5, 0.6) is 5.75 Å². The largest absolute Gasteiger partial charge is 0.493 e. The van der Waals surface area contributed by atoms with E-state index < -0.39 is 0 Å². The van der Waals surface area contributed by atoms with E-state index >= 15 is 0 Å². The Kier molecular flexibility index (Phi) is 2.30. The Morgan fingerprint density at radius 2 is 2.21 bits per heavy atom. The Morgan fingerprint density at radius 1 is 1.21 bits per heavy atom. The van der Waals surface area contributed by atoms with Gasteiger partial charge in [0.05, 0.1) is 6.61 Å². The molecular formula is C16H14N2O. The highest BCUT2D eigenvalue weighted by Gasteiger charge is 2.13. The minimum Gasteiger partial charge on any atom is -0.493 e. The molecule has 0 aliphatic carbocycles. The van der Waals surface area contributed by atoms with E-state index in [1.54, 1.807) is 0 Å². The average Bonchev–Trinajstić information content (AvgIpc) is 2.91. The van der Waals surface area contributed by atoms with Crippen molar-refractivity contribution in [3.05, 3.63) is 48.3 Å². The highest BCUT2D eigenvalue weighted by atomic mass is 16.5. The molecule has 1 aromatic carbocycles. The fourth-order valence-electron chi connectivity index (χ4n) is 2.72. The molecule has 19 heavy (non-hydrogen) atoms. The Hall–Kier alpha value is -2.29. The molecule has 0 fully saturated rings. The van der Waals surface area contributed by atoms with Gasteiger partial charge in [0.15, 0.2) is 0 Å². The van der Waals surface area contributed by atoms with E-state index in [0.717, 1.165) is 30.8 Å². The van der Waals surface area contributed by atoms with Crippen LogP contribution in [0.25, 0.3) is 22.2 Å². The maximum absolute atomic E-state index is 5.66. The number of fused-ring (bicyclic) bond motifs is 2. The van der Waals surface area contributed by atoms with Crippen molar-refractivity contribution in [1.82, 2.24) is 9.97 Å². The molecule has 0 amide bonds. The van der Waals surface area contributed by atoms with E-state index in [4.69, 9.17) is 4.74 Å². The first-order valence-electron chi connectivity index (χ1n) is 6.60. The summed E-state index contributed by atoms with van der Waals surface area (Å²) in [5.74, 6) is 1.04. The summed E-state index contributed by atoms with van der Waals surface area (Å²) >= 11 is 0. The van der Waals surface area contributed by atoms with Gasteiger partial charge in [0.25, 0.3) is 0 Å². The number of aromatic amines is 1. The zero-order valence-corrected chi connectivity index (χ0v) is 10.5. The average molecular weight is 250 g/mol. The van der Waals surface area contributed by atoms with Gasteiger partial charge in [0, 0.05) is 23.3 Å². The fraction of sp³-hybridized carbons (Fsp3) is 0.188. The summed E-state index contributed by atoms with van der Waals surface area (Å²) in [6, 6.07) is 10.5. The number of nitrogens with one attached hydrogen (secondary N) is 1. The van der Waals surface area contributed by atoms with Crippen molar-refractivity contribution in [2.24, 2.45) is 0 Å². The molecule has 4 rings (SSSR count). The third kappa shape index (κ3) is 1.70. The standard InChI is InChI=1S/C16H14N2O/c1-4-13-14(10-18-16(13)17-7-1)11-5-6-15-12(9-11)3-2-8-19-15/h1,4-7,9-10H,2-3,8H2,(H,17,18). The molecule has 0 bridgehead atoms. The number of aromatic nitrogens is 2. The van der Waals surface area contributed by atoms with Crippen LogP contribution in [0, 0.1) is 0 Å². The number of hydrogen-bond donors (Lipinski definition) is 1. The van der Waals surface area contributed by atoms with Crippen LogP contribution < -0.4 is 4.74 Å². The molecule has 3 heterocycles. The van der Waals surface area contributed by atoms with Gasteiger partial charge in [-0.25, -0.2) is 4.98 Å². The lowest BCUT2D eigenvalue weighted by Gasteiger charge is -2.17. The van der Waals surface area contributed by atoms with Gasteiger partial charge >= 0.3 is 0 Å². The van der Waals surface area contributed by atoms with Gasteiger partial charge in [-0.1, -0.05) is 6.07 Å². The van der Waals surface area contributed by atoms with Gasteiger partial charge in [0.1, 0.15) is 11.4 Å². The molecule has 1 N–H and O–H groups in total. The Balaban J connectivity index is 1.88. The molecule has 94 valence electrons. The third-order valence-corrected chi connectivity index (χ3v) is 3.67. The minimum atomic E-state index is 0.837. The van der Waals surface area contributed by atoms with Crippen molar-refractivity contribution in [2.45, 2.75) is 12.8 Å². The number of H-pyrrole nitrogens is 1. The lowest BCUT2D eigenvalue weighted by molar-refractivity contribution is 0.288. The number of pyridine rings is 1. The zero-order valence-electron chi connectivity index (χ0n) is 10.5. The number of rotatable bonds is 1. The SMILES string of the molecule is c1cnc2[nH]cc(-c3ccc4c(c3)CCCO4)c2c1. The molecular weight excluding hydrogens is 236 g/mol. The second-order valence-electron chi connectivity index (χ2n) is 4.88. The first-order valence-corrected chi connectivity index (χ1v) is 6.60. The number of benzene rings is 1. The van der Waals surface area contributed by atoms with Crippen LogP contribution in [0.3, 0.4) is 0 Å². The van der Waals surface area contributed by atoms with E-state index in [9.17, 15) is 0 Å². The number of ether oxygens (including phenoxy) is 1. The van der Waals surface area contributed by atoms with E-state index in [1.165, 1.54) is 22.1 Å². The summed E-state index contributed by atoms with van der Waals surface area (Å²) in [4.78, 5) is 7.56. The van der Waals surface area contributed by atoms with Gasteiger partial charge in [-0.2, -0.15) is 0 Å². The van der Waals surface area contributed by atoms with Gasteiger partial charge in [0.2, 0.25) is 0 Å². The van der Waals surface area contributed by atoms with Crippen LogP contribution in [0.4, 0.5) is 0 Å². The van der Waals surface area contributed by atoms with Gasteiger partial charge in [-0.15, -0.1) is 0 Å². The normalized spacial score (nSPS) is 14.1. The summed E-state index contributed by atoms with van der Waals surface area (Å²) in [6.07, 6.45) is 6.04. The van der Waals surface area contributed by atoms with Crippen LogP contribution in [0.1, 0.15) is 12.0 Å². The fourth-order valence-corrected chi connectivity index (χ4v) is 2.72. The molecule has 3 heteroatoms. The van der Waals surface area contributed by atoms with Crippen LogP contribution >= 0.6 is 0 Å². The molecule has 1 aliphatic heterocycles. The summed E-state index contributed by atoms with van der Waals surface area (Å²) in [7, 11) is 0. The molecule has 3 nitrogen and oxygen atoms in total. The molecule has 0 saturated carbocycles. The highest BCUT2D eigenvalue weighted by Crippen LogP contribution is 2.33. The summed E-state index contributed by atoms with van der Waals surface area (Å²) in [5.41, 5.74) is 4.67. The number of aryl methyl sites for hydroxylation is 1. The van der Waals surface area contributed by atoms with Crippen LogP contribution in [0.2, 0.25) is 0 Å². The highest BCUT2D eigenvalue weighted by molar-refractivity contribution is 5.93. The van der Waals surface area contributed by atoms with Gasteiger partial charge in [-0.3, -0.25) is 0 Å². The third-order valence-electron chi connectivity index (χ3n) is 3.67. The predicted octanol–water partition coefficient (Wildman–Crippen LogP) is 3.55. The Morgan fingerprint density at radius 3 is 3.21 bits per heavy atom. The van der Waals surface area contributed by atoms with Crippen molar-refractivity contribution in [2.75, 3.05) is 6.61 Å². The van der Waals surface area contributed by atoms with Crippen molar-refractivity contribution in [3.8, 4) is 16.9 Å². The van der Waals surface area contributed by atoms with Crippen molar-refractivity contribution < 1.29 is 4.74 Å². The molecule has 0 atom stereocenters. The van der Waals surface area contributed by atoms with E-state index in [1.807, 2.05) is 18.5 Å². The predicted molar refractivity (Wildman–Crippen MR) is 75.3 cm³/mol. The van der Waals surface area contributed by atoms with E-state index in [-0.39, 0.29) is 0 Å². The number of nitrogens with zero attached hydrogens (tertiary/aromatic N) is 1. The van der Waals surface area contributed by atoms with E-state index in [0.29, 0.717) is 0 Å². The lowest BCUT2D eigenvalue weighted by atomic mass is 9.99. The molecule has 0 saturated heterocycles. The Labute approximate surface area is 111 Å². The molecule has 1 aliphatic rings. The smallest absolute Gasteiger partial charge is 0.137 e. The quantitative estimate of drug-likeness (QED) is 0.717. The zero-order chi connectivity index (χ0) is 12.7. The van der Waals surface area contributed by atoms with Gasteiger partial charge < -0.3 is 9.72 Å². The van der Waals surface area contributed by atoms with Crippen molar-refractivity contribution in [3.63, 3.8) is 0 Å². The second kappa shape index (κ2) is 4.12. The molecule has 0 radical (unpaired) electrons. The topological polar surface area (TPSA) is 37.9 Å².